The van der Waals surface area contributed by atoms with Gasteiger partial charge in [0.15, 0.2) is 0 Å². The van der Waals surface area contributed by atoms with Crippen molar-refractivity contribution in [1.82, 2.24) is 5.32 Å². The lowest BCUT2D eigenvalue weighted by Crippen LogP contribution is -2.22. The Hall–Kier alpha value is -0.220. The molecule has 0 aromatic heterocycles. The van der Waals surface area contributed by atoms with E-state index in [0.717, 1.165) is 0 Å². The molecule has 0 unspecified atom stereocenters. The number of alkyl halides is 2. The van der Waals surface area contributed by atoms with Crippen molar-refractivity contribution in [3.63, 3.8) is 0 Å². The third kappa shape index (κ3) is 1.44. The molecule has 2 nitrogen and oxygen atoms in total. The molecule has 10 heavy (non-hydrogen) atoms. The minimum absolute atomic E-state index is 0.137. The number of halogens is 2. The number of hydrogen-bond acceptors (Lipinski definition) is 2. The molecule has 0 amide bonds. The first kappa shape index (κ1) is 7.88. The van der Waals surface area contributed by atoms with Crippen LogP contribution in [0.15, 0.2) is 0 Å². The SMILES string of the molecule is OC[C@H]1CNC[C@H]1C(F)F. The molecule has 2 atom stereocenters. The monoisotopic (exact) mass is 151 g/mol. The summed E-state index contributed by atoms with van der Waals surface area (Å²) in [6, 6.07) is 0. The van der Waals surface area contributed by atoms with Gasteiger partial charge in [0.05, 0.1) is 0 Å². The molecular weight excluding hydrogens is 140 g/mol. The highest BCUT2D eigenvalue weighted by atomic mass is 19.3. The molecule has 0 bridgehead atoms. The van der Waals surface area contributed by atoms with Crippen molar-refractivity contribution in [2.24, 2.45) is 11.8 Å². The molecule has 4 heteroatoms. The van der Waals surface area contributed by atoms with Crippen molar-refractivity contribution in [1.29, 1.82) is 0 Å². The van der Waals surface area contributed by atoms with E-state index in [2.05, 4.69) is 5.32 Å². The lowest BCUT2D eigenvalue weighted by Gasteiger charge is -2.13. The van der Waals surface area contributed by atoms with Crippen molar-refractivity contribution in [3.8, 4) is 0 Å². The summed E-state index contributed by atoms with van der Waals surface area (Å²) in [5.41, 5.74) is 0. The highest BCUT2D eigenvalue weighted by Gasteiger charge is 2.33. The Morgan fingerprint density at radius 1 is 1.50 bits per heavy atom. The number of rotatable bonds is 2. The van der Waals surface area contributed by atoms with Gasteiger partial charge in [-0.3, -0.25) is 0 Å². The van der Waals surface area contributed by atoms with Crippen molar-refractivity contribution < 1.29 is 13.9 Å². The van der Waals surface area contributed by atoms with E-state index in [0.29, 0.717) is 13.1 Å². The summed E-state index contributed by atoms with van der Waals surface area (Å²) in [6.07, 6.45) is -2.30. The smallest absolute Gasteiger partial charge is 0.243 e. The summed E-state index contributed by atoms with van der Waals surface area (Å²) in [7, 11) is 0. The van der Waals surface area contributed by atoms with Gasteiger partial charge in [0.25, 0.3) is 0 Å². The molecule has 1 fully saturated rings. The van der Waals surface area contributed by atoms with E-state index in [4.69, 9.17) is 5.11 Å². The molecule has 0 spiro atoms. The molecule has 0 aromatic carbocycles. The maximum Gasteiger partial charge on any atom is 0.243 e. The van der Waals surface area contributed by atoms with E-state index in [9.17, 15) is 8.78 Å². The fourth-order valence-electron chi connectivity index (χ4n) is 1.25. The Balaban J connectivity index is 2.42. The minimum atomic E-state index is -2.30. The number of aliphatic hydroxyl groups is 1. The minimum Gasteiger partial charge on any atom is -0.396 e. The Morgan fingerprint density at radius 2 is 2.20 bits per heavy atom. The zero-order valence-electron chi connectivity index (χ0n) is 5.56. The number of aliphatic hydroxyl groups excluding tert-OH is 1. The molecular formula is C6H11F2NO. The summed E-state index contributed by atoms with van der Waals surface area (Å²) in [5.74, 6) is -0.898. The molecule has 0 saturated carbocycles. The maximum atomic E-state index is 12.0. The Labute approximate surface area is 58.2 Å². The fraction of sp³-hybridized carbons (Fsp3) is 1.00. The maximum absolute atomic E-state index is 12.0. The molecule has 2 N–H and O–H groups in total. The highest BCUT2D eigenvalue weighted by Crippen LogP contribution is 2.22. The molecule has 0 radical (unpaired) electrons. The van der Waals surface area contributed by atoms with Gasteiger partial charge in [0.1, 0.15) is 0 Å². The average molecular weight is 151 g/mol. The van der Waals surface area contributed by atoms with Crippen LogP contribution >= 0.6 is 0 Å². The Kier molecular flexibility index (Phi) is 2.56. The molecule has 0 aromatic rings. The van der Waals surface area contributed by atoms with Crippen LogP contribution < -0.4 is 5.32 Å². The van der Waals surface area contributed by atoms with Gasteiger partial charge in [-0.1, -0.05) is 0 Å². The third-order valence-electron chi connectivity index (χ3n) is 1.95. The predicted octanol–water partition coefficient (Wildman–Crippen LogP) is 0.0794. The molecule has 1 heterocycles. The quantitative estimate of drug-likeness (QED) is 0.585. The number of nitrogens with one attached hydrogen (secondary N) is 1. The molecule has 60 valence electrons. The normalized spacial score (nSPS) is 33.6. The van der Waals surface area contributed by atoms with Gasteiger partial charge < -0.3 is 10.4 Å². The van der Waals surface area contributed by atoms with E-state index in [-0.39, 0.29) is 12.5 Å². The summed E-state index contributed by atoms with van der Waals surface area (Å²) < 4.78 is 24.1. The molecule has 1 saturated heterocycles. The van der Waals surface area contributed by atoms with Gasteiger partial charge in [0.2, 0.25) is 6.43 Å². The van der Waals surface area contributed by atoms with Crippen LogP contribution in [0.5, 0.6) is 0 Å². The fourth-order valence-corrected chi connectivity index (χ4v) is 1.25. The van der Waals surface area contributed by atoms with E-state index in [1.807, 2.05) is 0 Å². The largest absolute Gasteiger partial charge is 0.396 e. The zero-order valence-corrected chi connectivity index (χ0v) is 5.56. The predicted molar refractivity (Wildman–Crippen MR) is 32.9 cm³/mol. The van der Waals surface area contributed by atoms with Crippen LogP contribution in [0.3, 0.4) is 0 Å². The summed E-state index contributed by atoms with van der Waals surface area (Å²) in [4.78, 5) is 0. The van der Waals surface area contributed by atoms with Gasteiger partial charge >= 0.3 is 0 Å². The Bertz CT molecular complexity index is 110. The molecule has 1 aliphatic heterocycles. The van der Waals surface area contributed by atoms with E-state index in [1.165, 1.54) is 0 Å². The highest BCUT2D eigenvalue weighted by molar-refractivity contribution is 4.81. The van der Waals surface area contributed by atoms with Crippen molar-refractivity contribution in [3.05, 3.63) is 0 Å². The summed E-state index contributed by atoms with van der Waals surface area (Å²) in [6.45, 7) is 0.719. The molecule has 1 aliphatic rings. The van der Waals surface area contributed by atoms with Gasteiger partial charge in [-0.25, -0.2) is 8.78 Å². The first-order chi connectivity index (χ1) is 4.75. The Morgan fingerprint density at radius 3 is 2.60 bits per heavy atom. The van der Waals surface area contributed by atoms with Crippen LogP contribution in [0.1, 0.15) is 0 Å². The van der Waals surface area contributed by atoms with Gasteiger partial charge in [0, 0.05) is 31.5 Å². The van der Waals surface area contributed by atoms with Gasteiger partial charge in [-0.2, -0.15) is 0 Å². The molecule has 0 aliphatic carbocycles. The van der Waals surface area contributed by atoms with Gasteiger partial charge in [-0.05, 0) is 0 Å². The second-order valence-electron chi connectivity index (χ2n) is 2.60. The first-order valence-electron chi connectivity index (χ1n) is 3.35. The standard InChI is InChI=1S/C6H11F2NO/c7-6(8)5-2-9-1-4(5)3-10/h4-6,9-10H,1-3H2/t4-,5-/m1/s1. The zero-order chi connectivity index (χ0) is 7.56. The van der Waals surface area contributed by atoms with Crippen LogP contribution in [0.2, 0.25) is 0 Å². The topological polar surface area (TPSA) is 32.3 Å². The van der Waals surface area contributed by atoms with Crippen molar-refractivity contribution >= 4 is 0 Å². The van der Waals surface area contributed by atoms with Crippen LogP contribution in [0, 0.1) is 11.8 Å². The lowest BCUT2D eigenvalue weighted by molar-refractivity contribution is 0.0475. The molecule has 1 rings (SSSR count). The van der Waals surface area contributed by atoms with E-state index >= 15 is 0 Å². The van der Waals surface area contributed by atoms with Crippen LogP contribution in [0.25, 0.3) is 0 Å². The third-order valence-corrected chi connectivity index (χ3v) is 1.95. The van der Waals surface area contributed by atoms with Crippen molar-refractivity contribution in [2.75, 3.05) is 19.7 Å². The van der Waals surface area contributed by atoms with Crippen LogP contribution in [-0.4, -0.2) is 31.2 Å². The lowest BCUT2D eigenvalue weighted by atomic mass is 9.98. The van der Waals surface area contributed by atoms with Crippen molar-refractivity contribution in [2.45, 2.75) is 6.43 Å². The van der Waals surface area contributed by atoms with Crippen LogP contribution in [0.4, 0.5) is 8.78 Å². The van der Waals surface area contributed by atoms with Gasteiger partial charge in [-0.15, -0.1) is 0 Å². The number of hydrogen-bond donors (Lipinski definition) is 2. The van der Waals surface area contributed by atoms with E-state index in [1.54, 1.807) is 0 Å². The summed E-state index contributed by atoms with van der Waals surface area (Å²) in [5, 5.41) is 11.4. The average Bonchev–Trinajstić information content (AvgIpc) is 2.33. The second-order valence-corrected chi connectivity index (χ2v) is 2.60. The van der Waals surface area contributed by atoms with E-state index < -0.39 is 12.3 Å². The second kappa shape index (κ2) is 3.25. The first-order valence-corrected chi connectivity index (χ1v) is 3.35. The summed E-state index contributed by atoms with van der Waals surface area (Å²) >= 11 is 0. The van der Waals surface area contributed by atoms with Crippen LogP contribution in [-0.2, 0) is 0 Å².